The van der Waals surface area contributed by atoms with Crippen LogP contribution < -0.4 is 10.6 Å². The molecule has 1 amide bonds. The highest BCUT2D eigenvalue weighted by atomic mass is 35.5. The summed E-state index contributed by atoms with van der Waals surface area (Å²) in [6.07, 6.45) is 0.587. The molecule has 2 heterocycles. The highest BCUT2D eigenvalue weighted by Gasteiger charge is 2.26. The normalized spacial score (nSPS) is 11.0. The molecule has 9 heteroatoms. The van der Waals surface area contributed by atoms with Crippen LogP contribution in [-0.4, -0.2) is 40.3 Å². The van der Waals surface area contributed by atoms with E-state index in [4.69, 9.17) is 11.6 Å². The Kier molecular flexibility index (Phi) is 6.62. The first-order valence-electron chi connectivity index (χ1n) is 7.52. The van der Waals surface area contributed by atoms with E-state index in [1.54, 1.807) is 6.07 Å². The Hall–Kier alpha value is -2.06. The van der Waals surface area contributed by atoms with Gasteiger partial charge in [-0.25, -0.2) is 18.4 Å². The second-order valence-corrected chi connectivity index (χ2v) is 5.38. The maximum atomic E-state index is 13.5. The van der Waals surface area contributed by atoms with Gasteiger partial charge in [-0.1, -0.05) is 18.5 Å². The Morgan fingerprint density at radius 1 is 1.38 bits per heavy atom. The van der Waals surface area contributed by atoms with Gasteiger partial charge in [-0.15, -0.1) is 0 Å². The highest BCUT2D eigenvalue weighted by Crippen LogP contribution is 2.27. The van der Waals surface area contributed by atoms with Crippen LogP contribution in [0.2, 0.25) is 5.02 Å². The standard InChI is InChI=1S/C15H18ClF2N5O/c1-2-5-19-7-8-21-15(24)10-9-22-23(12(10)13(17)18)14-11(16)4-3-6-20-14/h3-4,6,9,13,19H,2,5,7-8H2,1H3,(H,21,24). The minimum absolute atomic E-state index is 0.0538. The van der Waals surface area contributed by atoms with Crippen LogP contribution in [0.5, 0.6) is 0 Å². The van der Waals surface area contributed by atoms with E-state index >= 15 is 0 Å². The van der Waals surface area contributed by atoms with Gasteiger partial charge in [0.1, 0.15) is 5.69 Å². The molecule has 0 saturated heterocycles. The molecule has 0 unspecified atom stereocenters. The molecule has 0 aromatic carbocycles. The van der Waals surface area contributed by atoms with Crippen molar-refractivity contribution < 1.29 is 13.6 Å². The monoisotopic (exact) mass is 357 g/mol. The van der Waals surface area contributed by atoms with Gasteiger partial charge in [-0.05, 0) is 25.1 Å². The van der Waals surface area contributed by atoms with Gasteiger partial charge in [0.05, 0.1) is 16.8 Å². The lowest BCUT2D eigenvalue weighted by atomic mass is 10.2. The zero-order valence-corrected chi connectivity index (χ0v) is 13.9. The molecular formula is C15H18ClF2N5O. The van der Waals surface area contributed by atoms with Gasteiger partial charge in [-0.3, -0.25) is 4.79 Å². The lowest BCUT2D eigenvalue weighted by Crippen LogP contribution is -2.32. The van der Waals surface area contributed by atoms with Crippen LogP contribution in [0.25, 0.3) is 5.82 Å². The fraction of sp³-hybridized carbons (Fsp3) is 0.400. The molecule has 0 saturated carbocycles. The molecule has 2 rings (SSSR count). The molecule has 2 aromatic heterocycles. The zero-order valence-electron chi connectivity index (χ0n) is 13.1. The largest absolute Gasteiger partial charge is 0.351 e. The number of carbonyl (C=O) groups excluding carboxylic acids is 1. The number of rotatable bonds is 8. The Morgan fingerprint density at radius 3 is 2.83 bits per heavy atom. The van der Waals surface area contributed by atoms with Gasteiger partial charge >= 0.3 is 0 Å². The average Bonchev–Trinajstić information content (AvgIpc) is 3.00. The van der Waals surface area contributed by atoms with Crippen molar-refractivity contribution >= 4 is 17.5 Å². The number of alkyl halides is 2. The summed E-state index contributed by atoms with van der Waals surface area (Å²) in [7, 11) is 0. The van der Waals surface area contributed by atoms with Crippen molar-refractivity contribution in [1.82, 2.24) is 25.4 Å². The Labute approximate surface area is 143 Å². The highest BCUT2D eigenvalue weighted by molar-refractivity contribution is 6.32. The molecule has 0 radical (unpaired) electrons. The van der Waals surface area contributed by atoms with Crippen LogP contribution in [0.15, 0.2) is 24.5 Å². The molecule has 130 valence electrons. The van der Waals surface area contributed by atoms with Gasteiger partial charge < -0.3 is 10.6 Å². The summed E-state index contributed by atoms with van der Waals surface area (Å²) in [5, 5.41) is 9.72. The van der Waals surface area contributed by atoms with E-state index in [0.717, 1.165) is 23.8 Å². The SMILES string of the molecule is CCCNCCNC(=O)c1cnn(-c2ncccc2Cl)c1C(F)F. The van der Waals surface area contributed by atoms with Crippen molar-refractivity contribution in [2.45, 2.75) is 19.8 Å². The van der Waals surface area contributed by atoms with Crippen LogP contribution in [-0.2, 0) is 0 Å². The predicted octanol–water partition coefficient (Wildman–Crippen LogP) is 2.59. The van der Waals surface area contributed by atoms with E-state index in [0.29, 0.717) is 13.1 Å². The quantitative estimate of drug-likeness (QED) is 0.712. The van der Waals surface area contributed by atoms with Gasteiger partial charge in [0.2, 0.25) is 0 Å². The van der Waals surface area contributed by atoms with E-state index in [-0.39, 0.29) is 16.4 Å². The number of carbonyl (C=O) groups is 1. The van der Waals surface area contributed by atoms with Crippen LogP contribution in [0.1, 0.15) is 35.8 Å². The Morgan fingerprint density at radius 2 is 2.17 bits per heavy atom. The van der Waals surface area contributed by atoms with E-state index in [2.05, 4.69) is 20.7 Å². The smallest absolute Gasteiger partial charge is 0.281 e. The molecule has 0 fully saturated rings. The van der Waals surface area contributed by atoms with Crippen molar-refractivity contribution in [3.8, 4) is 5.82 Å². The summed E-state index contributed by atoms with van der Waals surface area (Å²) in [6, 6.07) is 3.09. The molecule has 0 spiro atoms. The zero-order chi connectivity index (χ0) is 17.5. The molecule has 0 bridgehead atoms. The first-order chi connectivity index (χ1) is 11.6. The topological polar surface area (TPSA) is 71.8 Å². The van der Waals surface area contributed by atoms with Crippen molar-refractivity contribution in [2.75, 3.05) is 19.6 Å². The van der Waals surface area contributed by atoms with Crippen molar-refractivity contribution in [3.05, 3.63) is 40.8 Å². The van der Waals surface area contributed by atoms with Crippen LogP contribution in [0.4, 0.5) is 8.78 Å². The maximum Gasteiger partial charge on any atom is 0.281 e. The molecule has 24 heavy (non-hydrogen) atoms. The second-order valence-electron chi connectivity index (χ2n) is 4.97. The second kappa shape index (κ2) is 8.70. The first-order valence-corrected chi connectivity index (χ1v) is 7.90. The van der Waals surface area contributed by atoms with Crippen LogP contribution in [0.3, 0.4) is 0 Å². The van der Waals surface area contributed by atoms with Gasteiger partial charge in [0.15, 0.2) is 5.82 Å². The third-order valence-electron chi connectivity index (χ3n) is 3.21. The number of hydrogen-bond donors (Lipinski definition) is 2. The molecule has 0 atom stereocenters. The average molecular weight is 358 g/mol. The molecule has 0 aliphatic heterocycles. The number of nitrogens with zero attached hydrogens (tertiary/aromatic N) is 3. The number of aromatic nitrogens is 3. The Bertz CT molecular complexity index is 692. The summed E-state index contributed by atoms with van der Waals surface area (Å²) >= 11 is 5.98. The van der Waals surface area contributed by atoms with Crippen molar-refractivity contribution in [1.29, 1.82) is 0 Å². The van der Waals surface area contributed by atoms with Crippen molar-refractivity contribution in [2.24, 2.45) is 0 Å². The van der Waals surface area contributed by atoms with E-state index in [9.17, 15) is 13.6 Å². The van der Waals surface area contributed by atoms with E-state index in [1.807, 2.05) is 6.92 Å². The minimum Gasteiger partial charge on any atom is -0.351 e. The number of nitrogens with one attached hydrogen (secondary N) is 2. The molecule has 6 nitrogen and oxygen atoms in total. The summed E-state index contributed by atoms with van der Waals surface area (Å²) in [5.74, 6) is -0.556. The third kappa shape index (κ3) is 4.27. The fourth-order valence-corrected chi connectivity index (χ4v) is 2.31. The summed E-state index contributed by atoms with van der Waals surface area (Å²) < 4.78 is 27.8. The van der Waals surface area contributed by atoms with E-state index in [1.165, 1.54) is 12.3 Å². The molecule has 2 aromatic rings. The third-order valence-corrected chi connectivity index (χ3v) is 3.51. The fourth-order valence-electron chi connectivity index (χ4n) is 2.11. The predicted molar refractivity (Wildman–Crippen MR) is 86.8 cm³/mol. The lowest BCUT2D eigenvalue weighted by molar-refractivity contribution is 0.0937. The molecule has 2 N–H and O–H groups in total. The molecule has 0 aliphatic rings. The van der Waals surface area contributed by atoms with Crippen LogP contribution in [0, 0.1) is 0 Å². The van der Waals surface area contributed by atoms with Crippen LogP contribution >= 0.6 is 11.6 Å². The first kappa shape index (κ1) is 18.3. The summed E-state index contributed by atoms with van der Waals surface area (Å²) in [4.78, 5) is 16.1. The molecular weight excluding hydrogens is 340 g/mol. The van der Waals surface area contributed by atoms with Gasteiger partial charge in [0.25, 0.3) is 12.3 Å². The number of amides is 1. The number of pyridine rings is 1. The van der Waals surface area contributed by atoms with Gasteiger partial charge in [-0.2, -0.15) is 5.10 Å². The van der Waals surface area contributed by atoms with E-state index < -0.39 is 18.0 Å². The Balaban J connectivity index is 2.20. The minimum atomic E-state index is -2.90. The van der Waals surface area contributed by atoms with Crippen molar-refractivity contribution in [3.63, 3.8) is 0 Å². The maximum absolute atomic E-state index is 13.5. The molecule has 0 aliphatic carbocycles. The lowest BCUT2D eigenvalue weighted by Gasteiger charge is -2.10. The number of hydrogen-bond acceptors (Lipinski definition) is 4. The summed E-state index contributed by atoms with van der Waals surface area (Å²) in [5.41, 5.74) is -0.725. The summed E-state index contributed by atoms with van der Waals surface area (Å²) in [6.45, 7) is 3.74. The number of halogens is 3. The van der Waals surface area contributed by atoms with Gasteiger partial charge in [0, 0.05) is 19.3 Å².